The summed E-state index contributed by atoms with van der Waals surface area (Å²) in [6.07, 6.45) is 10.5. The number of fused-ring (bicyclic) bond motifs is 1. The Kier molecular flexibility index (Phi) is 5.52. The molecule has 3 aromatic rings. The number of pyridine rings is 3. The third-order valence-corrected chi connectivity index (χ3v) is 4.63. The van der Waals surface area contributed by atoms with Crippen molar-refractivity contribution in [2.75, 3.05) is 5.32 Å². The minimum Gasteiger partial charge on any atom is -0.310 e. The second-order valence-electron chi connectivity index (χ2n) is 6.85. The predicted octanol–water partition coefficient (Wildman–Crippen LogP) is 3.79. The van der Waals surface area contributed by atoms with E-state index in [0.717, 1.165) is 33.8 Å². The fourth-order valence-electron chi connectivity index (χ4n) is 3.04. The van der Waals surface area contributed by atoms with E-state index in [1.165, 1.54) is 5.56 Å². The van der Waals surface area contributed by atoms with Gasteiger partial charge in [0.25, 0.3) is 0 Å². The summed E-state index contributed by atoms with van der Waals surface area (Å²) in [6.45, 7) is 3.99. The molecule has 0 fully saturated rings. The lowest BCUT2D eigenvalue weighted by Crippen LogP contribution is -2.15. The maximum atomic E-state index is 12.1. The van der Waals surface area contributed by atoms with Gasteiger partial charge in [-0.2, -0.15) is 0 Å². The Hall–Kier alpha value is -4.00. The van der Waals surface area contributed by atoms with Gasteiger partial charge in [-0.3, -0.25) is 24.7 Å². The topological polar surface area (TPSA) is 93.6 Å². The monoisotopic (exact) mass is 396 g/mol. The van der Waals surface area contributed by atoms with Crippen LogP contribution in [0.1, 0.15) is 16.8 Å². The van der Waals surface area contributed by atoms with E-state index in [4.69, 9.17) is 0 Å². The third kappa shape index (κ3) is 4.52. The smallest absolute Gasteiger partial charge is 0.230 e. The van der Waals surface area contributed by atoms with Gasteiger partial charge in [0.15, 0.2) is 0 Å². The molecule has 0 radical (unpaired) electrons. The van der Waals surface area contributed by atoms with Gasteiger partial charge in [0.2, 0.25) is 5.91 Å². The van der Waals surface area contributed by atoms with E-state index in [1.54, 1.807) is 43.2 Å². The van der Waals surface area contributed by atoms with Crippen molar-refractivity contribution in [1.82, 2.24) is 24.9 Å². The zero-order valence-corrected chi connectivity index (χ0v) is 16.7. The van der Waals surface area contributed by atoms with E-state index < -0.39 is 0 Å². The fraction of sp³-hybridized carbons (Fsp3) is 0.130. The summed E-state index contributed by atoms with van der Waals surface area (Å²) < 4.78 is 0. The van der Waals surface area contributed by atoms with Crippen LogP contribution in [0.4, 0.5) is 5.82 Å². The van der Waals surface area contributed by atoms with Crippen molar-refractivity contribution in [2.24, 2.45) is 0 Å². The van der Waals surface area contributed by atoms with E-state index in [2.05, 4.69) is 30.2 Å². The highest BCUT2D eigenvalue weighted by atomic mass is 16.1. The number of nitrogens with zero attached hydrogens (tertiary/aromatic N) is 5. The largest absolute Gasteiger partial charge is 0.310 e. The number of carbonyl (C=O) groups excluding carboxylic acids is 1. The molecule has 0 saturated heterocycles. The van der Waals surface area contributed by atoms with Crippen molar-refractivity contribution in [1.29, 1.82) is 0 Å². The number of amides is 1. The van der Waals surface area contributed by atoms with Gasteiger partial charge in [0.1, 0.15) is 5.82 Å². The highest BCUT2D eigenvalue weighted by Gasteiger charge is 2.27. The second-order valence-corrected chi connectivity index (χ2v) is 6.85. The van der Waals surface area contributed by atoms with Crippen LogP contribution in [0.25, 0.3) is 22.5 Å². The third-order valence-electron chi connectivity index (χ3n) is 4.63. The SMILES string of the molecule is Cc1c2ncc(CC(=O)Nc3ccc(-c4cnccn4)cn3)c1-2.Cc1ccccn1. The van der Waals surface area contributed by atoms with Crippen LogP contribution >= 0.6 is 0 Å². The molecule has 7 heteroatoms. The molecular formula is C23H20N6O. The number of rotatable bonds is 4. The molecule has 1 amide bonds. The van der Waals surface area contributed by atoms with Crippen LogP contribution in [0.15, 0.2) is 67.5 Å². The summed E-state index contributed by atoms with van der Waals surface area (Å²) in [4.78, 5) is 32.8. The molecule has 3 aromatic heterocycles. The first kappa shape index (κ1) is 19.3. The molecule has 148 valence electrons. The Bertz CT molecular complexity index is 1160. The Morgan fingerprint density at radius 2 is 1.80 bits per heavy atom. The molecule has 4 heterocycles. The first-order chi connectivity index (χ1) is 14.6. The molecule has 0 saturated carbocycles. The second kappa shape index (κ2) is 8.57. The quantitative estimate of drug-likeness (QED) is 0.497. The summed E-state index contributed by atoms with van der Waals surface area (Å²) in [5, 5.41) is 2.80. The van der Waals surface area contributed by atoms with Crippen LogP contribution in [0, 0.1) is 13.8 Å². The van der Waals surface area contributed by atoms with E-state index in [1.807, 2.05) is 38.1 Å². The molecule has 0 aromatic carbocycles. The van der Waals surface area contributed by atoms with Crippen LogP contribution in [-0.2, 0) is 11.2 Å². The van der Waals surface area contributed by atoms with Crippen molar-refractivity contribution in [3.05, 3.63) is 84.3 Å². The molecule has 0 spiro atoms. The highest BCUT2D eigenvalue weighted by Crippen LogP contribution is 2.42. The fourth-order valence-corrected chi connectivity index (χ4v) is 3.04. The van der Waals surface area contributed by atoms with E-state index in [0.29, 0.717) is 12.2 Å². The average Bonchev–Trinajstić information content (AvgIpc) is 3.22. The molecule has 5 rings (SSSR count). The molecule has 2 aliphatic rings. The zero-order valence-electron chi connectivity index (χ0n) is 16.7. The standard InChI is InChI=1S/C17H13N5O.C6H7N/c1-10-16-12(8-21-17(10)16)6-15(23)22-14-3-2-11(7-20-14)13-9-18-4-5-19-13;1-6-4-2-3-5-7-6/h2-5,7-9H,6H2,1H3,(H,20,22,23);2-5H,1H3. The molecular weight excluding hydrogens is 376 g/mol. The molecule has 0 bridgehead atoms. The summed E-state index contributed by atoms with van der Waals surface area (Å²) in [6, 6.07) is 9.47. The van der Waals surface area contributed by atoms with Gasteiger partial charge in [-0.25, -0.2) is 4.98 Å². The van der Waals surface area contributed by atoms with Gasteiger partial charge in [0, 0.05) is 47.8 Å². The van der Waals surface area contributed by atoms with Gasteiger partial charge in [0.05, 0.1) is 24.0 Å². The van der Waals surface area contributed by atoms with Crippen molar-refractivity contribution < 1.29 is 4.79 Å². The average molecular weight is 396 g/mol. The van der Waals surface area contributed by atoms with Gasteiger partial charge >= 0.3 is 0 Å². The first-order valence-corrected chi connectivity index (χ1v) is 9.50. The number of hydrogen-bond donors (Lipinski definition) is 1. The molecule has 1 N–H and O–H groups in total. The molecule has 7 nitrogen and oxygen atoms in total. The number of aryl methyl sites for hydroxylation is 2. The molecule has 0 atom stereocenters. The number of nitrogens with one attached hydrogen (secondary N) is 1. The maximum absolute atomic E-state index is 12.1. The van der Waals surface area contributed by atoms with Gasteiger partial charge in [-0.15, -0.1) is 0 Å². The Balaban J connectivity index is 0.000000265. The van der Waals surface area contributed by atoms with Gasteiger partial charge < -0.3 is 5.32 Å². The van der Waals surface area contributed by atoms with Crippen LogP contribution in [0.3, 0.4) is 0 Å². The van der Waals surface area contributed by atoms with E-state index in [9.17, 15) is 4.79 Å². The van der Waals surface area contributed by atoms with Crippen molar-refractivity contribution in [3.8, 4) is 22.5 Å². The summed E-state index contributed by atoms with van der Waals surface area (Å²) >= 11 is 0. The number of carbonyl (C=O) groups is 1. The van der Waals surface area contributed by atoms with Crippen molar-refractivity contribution >= 4 is 11.7 Å². The summed E-state index contributed by atoms with van der Waals surface area (Å²) in [5.74, 6) is 0.420. The van der Waals surface area contributed by atoms with Crippen LogP contribution < -0.4 is 5.32 Å². The molecule has 30 heavy (non-hydrogen) atoms. The zero-order chi connectivity index (χ0) is 20.9. The van der Waals surface area contributed by atoms with E-state index >= 15 is 0 Å². The minimum absolute atomic E-state index is 0.0975. The summed E-state index contributed by atoms with van der Waals surface area (Å²) in [7, 11) is 0. The molecule has 1 aliphatic carbocycles. The predicted molar refractivity (Wildman–Crippen MR) is 115 cm³/mol. The normalized spacial score (nSPS) is 10.6. The lowest BCUT2D eigenvalue weighted by Gasteiger charge is -2.05. The Labute approximate surface area is 174 Å². The maximum Gasteiger partial charge on any atom is 0.230 e. The van der Waals surface area contributed by atoms with Crippen LogP contribution in [0.5, 0.6) is 0 Å². The number of anilines is 1. The van der Waals surface area contributed by atoms with Crippen LogP contribution in [-0.4, -0.2) is 30.8 Å². The first-order valence-electron chi connectivity index (χ1n) is 9.50. The van der Waals surface area contributed by atoms with Crippen LogP contribution in [0.2, 0.25) is 0 Å². The lowest BCUT2D eigenvalue weighted by atomic mass is 10.2. The summed E-state index contributed by atoms with van der Waals surface area (Å²) in [5.41, 5.74) is 7.03. The van der Waals surface area contributed by atoms with Crippen molar-refractivity contribution in [2.45, 2.75) is 20.3 Å². The molecule has 1 aliphatic heterocycles. The number of aromatic nitrogens is 5. The Morgan fingerprint density at radius 3 is 2.37 bits per heavy atom. The minimum atomic E-state index is -0.0975. The van der Waals surface area contributed by atoms with Gasteiger partial charge in [-0.1, -0.05) is 6.07 Å². The Morgan fingerprint density at radius 1 is 0.900 bits per heavy atom. The number of hydrogen-bond acceptors (Lipinski definition) is 6. The molecule has 0 unspecified atom stereocenters. The van der Waals surface area contributed by atoms with Crippen molar-refractivity contribution in [3.63, 3.8) is 0 Å². The lowest BCUT2D eigenvalue weighted by molar-refractivity contribution is -0.115. The van der Waals surface area contributed by atoms with Gasteiger partial charge in [-0.05, 0) is 49.2 Å². The van der Waals surface area contributed by atoms with E-state index in [-0.39, 0.29) is 5.91 Å². The highest BCUT2D eigenvalue weighted by molar-refractivity contribution is 5.96.